The molecule has 2 N–H and O–H groups in total. The van der Waals surface area contributed by atoms with E-state index in [0.29, 0.717) is 13.0 Å². The Labute approximate surface area is 353 Å². The third kappa shape index (κ3) is 7.99. The van der Waals surface area contributed by atoms with E-state index in [4.69, 9.17) is 4.74 Å². The molecule has 3 aliphatic carbocycles. The normalized spacial score (nSPS) is 31.6. The zero-order chi connectivity index (χ0) is 43.7. The van der Waals surface area contributed by atoms with Gasteiger partial charge in [-0.1, -0.05) is 74.3 Å². The van der Waals surface area contributed by atoms with Gasteiger partial charge in [-0.25, -0.2) is 4.72 Å². The minimum atomic E-state index is -4.17. The maximum absolute atomic E-state index is 15.3. The molecule has 0 aromatic carbocycles. The summed E-state index contributed by atoms with van der Waals surface area (Å²) in [5.41, 5.74) is -2.99. The lowest BCUT2D eigenvalue weighted by atomic mass is 9.73. The van der Waals surface area contributed by atoms with Gasteiger partial charge in [0, 0.05) is 49.9 Å². The van der Waals surface area contributed by atoms with Gasteiger partial charge in [0.15, 0.2) is 11.6 Å². The number of ketones is 2. The van der Waals surface area contributed by atoms with Crippen molar-refractivity contribution in [3.05, 3.63) is 12.7 Å². The van der Waals surface area contributed by atoms with E-state index in [-0.39, 0.29) is 97.3 Å². The van der Waals surface area contributed by atoms with Gasteiger partial charge in [-0.15, -0.1) is 6.58 Å². The summed E-state index contributed by atoms with van der Waals surface area (Å²) in [5.74, 6) is -2.82. The maximum atomic E-state index is 15.3. The lowest BCUT2D eigenvalue weighted by molar-refractivity contribution is -0.147. The molecule has 6 rings (SSSR count). The summed E-state index contributed by atoms with van der Waals surface area (Å²) >= 11 is 0. The summed E-state index contributed by atoms with van der Waals surface area (Å²) in [7, 11) is -4.17. The number of likely N-dealkylation sites (tertiary alicyclic amines) is 2. The smallest absolute Gasteiger partial charge is 0.303 e. The van der Waals surface area contributed by atoms with E-state index in [1.165, 1.54) is 4.31 Å². The van der Waals surface area contributed by atoms with E-state index < -0.39 is 56.3 Å². The van der Waals surface area contributed by atoms with Gasteiger partial charge in [0.2, 0.25) is 17.7 Å². The molecule has 0 bridgehead atoms. The predicted octanol–water partition coefficient (Wildman–Crippen LogP) is 5.04. The molecule has 7 atom stereocenters. The number of allylic oxidation sites excluding steroid dienone is 1. The number of Topliss-reactive ketones (excluding diaryl/α,β-unsaturated/α-hetero) is 2. The first kappa shape index (κ1) is 45.8. The van der Waals surface area contributed by atoms with Crippen molar-refractivity contribution >= 4 is 39.5 Å². The largest absolute Gasteiger partial charge is 0.379 e. The summed E-state index contributed by atoms with van der Waals surface area (Å²) in [6.45, 7) is 26.1. The number of hydrogen-bond acceptors (Lipinski definition) is 9. The Balaban J connectivity index is 1.26. The number of ether oxygens (including phenoxy) is 1. The van der Waals surface area contributed by atoms with Crippen molar-refractivity contribution in [2.75, 3.05) is 39.4 Å². The summed E-state index contributed by atoms with van der Waals surface area (Å²) in [4.78, 5) is 76.6. The number of morpholine rings is 1. The number of rotatable bonds is 14. The van der Waals surface area contributed by atoms with E-state index in [1.807, 2.05) is 41.5 Å². The molecule has 332 valence electrons. The Hall–Kier alpha value is -2.68. The Bertz CT molecular complexity index is 1810. The molecule has 3 amide bonds. The number of nitrogens with one attached hydrogen (secondary N) is 2. The van der Waals surface area contributed by atoms with Crippen molar-refractivity contribution in [3.63, 3.8) is 0 Å². The van der Waals surface area contributed by atoms with Crippen LogP contribution in [0.25, 0.3) is 0 Å². The molecule has 2 spiro atoms. The Morgan fingerprint density at radius 3 is 2.03 bits per heavy atom. The van der Waals surface area contributed by atoms with E-state index in [2.05, 4.69) is 49.2 Å². The highest BCUT2D eigenvalue weighted by Crippen LogP contribution is 2.88. The van der Waals surface area contributed by atoms with Gasteiger partial charge >= 0.3 is 10.2 Å². The zero-order valence-corrected chi connectivity index (χ0v) is 38.4. The van der Waals surface area contributed by atoms with E-state index in [9.17, 15) is 27.6 Å². The molecule has 6 aliphatic rings. The number of nitrogens with zero attached hydrogens (tertiary/aromatic N) is 3. The lowest BCUT2D eigenvalue weighted by Crippen LogP contribution is -2.58. The number of fused-ring (bicyclic) bond motifs is 1. The zero-order valence-electron chi connectivity index (χ0n) is 37.6. The van der Waals surface area contributed by atoms with Crippen LogP contribution in [0.4, 0.5) is 0 Å². The Morgan fingerprint density at radius 1 is 0.881 bits per heavy atom. The molecule has 0 radical (unpaired) electrons. The molecule has 3 heterocycles. The highest BCUT2D eigenvalue weighted by atomic mass is 32.2. The van der Waals surface area contributed by atoms with Crippen molar-refractivity contribution in [2.24, 2.45) is 44.3 Å². The molecular weight excluding hydrogens is 771 g/mol. The topological polar surface area (TPSA) is 162 Å². The summed E-state index contributed by atoms with van der Waals surface area (Å²) in [5, 5.41) is 3.15. The molecule has 0 aromatic rings. The van der Waals surface area contributed by atoms with Gasteiger partial charge in [0.05, 0.1) is 36.8 Å². The third-order valence-electron chi connectivity index (χ3n) is 16.1. The van der Waals surface area contributed by atoms with Gasteiger partial charge in [-0.05, 0) is 86.5 Å². The highest BCUT2D eigenvalue weighted by molar-refractivity contribution is 7.87. The Morgan fingerprint density at radius 2 is 1.53 bits per heavy atom. The molecule has 59 heavy (non-hydrogen) atoms. The van der Waals surface area contributed by atoms with E-state index in [0.717, 1.165) is 45.1 Å². The number of hydrogen-bond donors (Lipinski definition) is 2. The molecule has 13 nitrogen and oxygen atoms in total. The second-order valence-corrected chi connectivity index (χ2v) is 23.5. The minimum Gasteiger partial charge on any atom is -0.379 e. The summed E-state index contributed by atoms with van der Waals surface area (Å²) in [6.07, 6.45) is 7.86. The summed E-state index contributed by atoms with van der Waals surface area (Å²) in [6, 6.07) is -1.81. The van der Waals surface area contributed by atoms with Crippen molar-refractivity contribution in [1.82, 2.24) is 24.1 Å². The van der Waals surface area contributed by atoms with Crippen molar-refractivity contribution < 1.29 is 37.1 Å². The lowest BCUT2D eigenvalue weighted by Gasteiger charge is -2.40. The first-order valence-corrected chi connectivity index (χ1v) is 23.7. The van der Waals surface area contributed by atoms with Crippen LogP contribution in [0.2, 0.25) is 0 Å². The number of carbonyl (C=O) groups excluding carboxylic acids is 5. The van der Waals surface area contributed by atoms with E-state index >= 15 is 4.79 Å². The maximum Gasteiger partial charge on any atom is 0.303 e. The second-order valence-electron chi connectivity index (χ2n) is 21.9. The van der Waals surface area contributed by atoms with Crippen LogP contribution < -0.4 is 10.0 Å². The van der Waals surface area contributed by atoms with Gasteiger partial charge in [0.25, 0.3) is 0 Å². The first-order valence-electron chi connectivity index (χ1n) is 22.2. The van der Waals surface area contributed by atoms with Gasteiger partial charge < -0.3 is 15.0 Å². The average Bonchev–Trinajstić information content (AvgIpc) is 3.86. The average molecular weight is 844 g/mol. The molecular formula is C45H73N5O8S. The van der Waals surface area contributed by atoms with E-state index in [1.54, 1.807) is 11.0 Å². The highest BCUT2D eigenvalue weighted by Gasteiger charge is 2.85. The van der Waals surface area contributed by atoms with Crippen LogP contribution in [-0.4, -0.2) is 115 Å². The number of amides is 3. The SMILES string of the molecule is C=C[C@@H]1C[C@]1(CC(=O)[C@@H]1C[C@@]2(CN1C(=O)[C@@H](CC(=O)[C@@H](NC(=O)[C@@H]1CCCCN1C(C)C)C(C)(C)C)C(C)(C)C)C(C)(C)C21CCC1)C(=O)NS(=O)(=O)N1CCOCC1. The molecule has 3 aliphatic heterocycles. The quantitative estimate of drug-likeness (QED) is 0.228. The van der Waals surface area contributed by atoms with Crippen LogP contribution >= 0.6 is 0 Å². The second kappa shape index (κ2) is 15.9. The number of piperidine rings is 1. The van der Waals surface area contributed by atoms with Crippen LogP contribution in [0.5, 0.6) is 0 Å². The number of carbonyl (C=O) groups is 5. The minimum absolute atomic E-state index is 0.00966. The monoisotopic (exact) mass is 844 g/mol. The van der Waals surface area contributed by atoms with Crippen LogP contribution in [-0.2, 0) is 38.9 Å². The van der Waals surface area contributed by atoms with Gasteiger partial charge in [-0.2, -0.15) is 12.7 Å². The fourth-order valence-electron chi connectivity index (χ4n) is 12.0. The fourth-order valence-corrected chi connectivity index (χ4v) is 13.2. The molecule has 14 heteroatoms. The fraction of sp³-hybridized carbons (Fsp3) is 0.844. The van der Waals surface area contributed by atoms with Crippen LogP contribution in [0.15, 0.2) is 12.7 Å². The molecule has 0 unspecified atom stereocenters. The van der Waals surface area contributed by atoms with Crippen LogP contribution in [0.1, 0.15) is 133 Å². The van der Waals surface area contributed by atoms with Gasteiger partial charge in [0.1, 0.15) is 0 Å². The van der Waals surface area contributed by atoms with Crippen LogP contribution in [0, 0.1) is 44.3 Å². The third-order valence-corrected chi connectivity index (χ3v) is 17.6. The van der Waals surface area contributed by atoms with Crippen molar-refractivity contribution in [3.8, 4) is 0 Å². The van der Waals surface area contributed by atoms with Crippen molar-refractivity contribution in [2.45, 2.75) is 158 Å². The predicted molar refractivity (Wildman–Crippen MR) is 226 cm³/mol. The molecule has 3 saturated carbocycles. The Kier molecular flexibility index (Phi) is 12.4. The van der Waals surface area contributed by atoms with Gasteiger partial charge in [-0.3, -0.25) is 28.9 Å². The molecule has 6 fully saturated rings. The van der Waals surface area contributed by atoms with Crippen LogP contribution in [0.3, 0.4) is 0 Å². The molecule has 0 aromatic heterocycles. The van der Waals surface area contributed by atoms with Crippen molar-refractivity contribution in [1.29, 1.82) is 0 Å². The molecule has 3 saturated heterocycles. The first-order chi connectivity index (χ1) is 27.3. The summed E-state index contributed by atoms with van der Waals surface area (Å²) < 4.78 is 35.4. The standard InChI is InChI=1S/C45H73N5O8S/c1-12-30-25-43(30,39(55)47-59(56,57)48-20-22-58-23-21-48)27-35(52)33-26-45(42(10,11)44(45)17-15-18-44)28-50(33)38(54)31(40(4,5)6)24-34(51)36(41(7,8)9)46-37(53)32-16-13-14-19-49(32)29(2)3/h12,29-33,36H,1,13-28H2,2-11H3,(H,46,53)(H,47,55)/t30-,31-,32+,33+,36-,43-,45-/m1/s1.